The van der Waals surface area contributed by atoms with Crippen molar-refractivity contribution in [2.45, 2.75) is 19.4 Å². The Balaban J connectivity index is 2.04. The zero-order chi connectivity index (χ0) is 13.8. The predicted octanol–water partition coefficient (Wildman–Crippen LogP) is 4.10. The van der Waals surface area contributed by atoms with Gasteiger partial charge in [-0.3, -0.25) is 0 Å². The third kappa shape index (κ3) is 3.72. The van der Waals surface area contributed by atoms with Crippen LogP contribution < -0.4 is 10.6 Å². The highest BCUT2D eigenvalue weighted by Gasteiger charge is 2.09. The summed E-state index contributed by atoms with van der Waals surface area (Å²) in [6.45, 7) is 2.92. The van der Waals surface area contributed by atoms with Crippen LogP contribution in [0.1, 0.15) is 23.4 Å². The molecule has 0 saturated carbocycles. The summed E-state index contributed by atoms with van der Waals surface area (Å²) in [6, 6.07) is 10.3. The fraction of sp³-hybridized carbons (Fsp3) is 0.333. The lowest BCUT2D eigenvalue weighted by molar-refractivity contribution is 0.816. The topological polar surface area (TPSA) is 29.3 Å². The average molecular weight is 295 g/mol. The number of benzene rings is 1. The van der Waals surface area contributed by atoms with Crippen LogP contribution in [0.3, 0.4) is 0 Å². The molecule has 19 heavy (non-hydrogen) atoms. The standard InChI is InChI=1S/C15H19ClN2S/c1-11(17)12-5-6-15(14(16)10-12)18(2)8-7-13-4-3-9-19-13/h3-6,9-11H,7-8,17H2,1-2H3/t11-/m0/s1. The normalized spacial score (nSPS) is 12.4. The van der Waals surface area contributed by atoms with Gasteiger partial charge in [0.1, 0.15) is 0 Å². The molecular formula is C15H19ClN2S. The van der Waals surface area contributed by atoms with Gasteiger partial charge in [0.05, 0.1) is 10.7 Å². The molecule has 4 heteroatoms. The van der Waals surface area contributed by atoms with E-state index < -0.39 is 0 Å². The van der Waals surface area contributed by atoms with Crippen LogP contribution in [0.25, 0.3) is 0 Å². The highest BCUT2D eigenvalue weighted by molar-refractivity contribution is 7.09. The first-order chi connectivity index (χ1) is 9.08. The number of hydrogen-bond donors (Lipinski definition) is 1. The molecule has 0 aliphatic heterocycles. The van der Waals surface area contributed by atoms with E-state index in [-0.39, 0.29) is 6.04 Å². The molecule has 0 bridgehead atoms. The monoisotopic (exact) mass is 294 g/mol. The van der Waals surface area contributed by atoms with E-state index in [0.717, 1.165) is 29.2 Å². The van der Waals surface area contributed by atoms with Crippen molar-refractivity contribution in [3.63, 3.8) is 0 Å². The molecule has 2 N–H and O–H groups in total. The molecule has 2 rings (SSSR count). The number of nitrogens with zero attached hydrogens (tertiary/aromatic N) is 1. The number of thiophene rings is 1. The van der Waals surface area contributed by atoms with Gasteiger partial charge in [-0.2, -0.15) is 0 Å². The lowest BCUT2D eigenvalue weighted by Gasteiger charge is -2.21. The molecule has 1 atom stereocenters. The quantitative estimate of drug-likeness (QED) is 0.899. The zero-order valence-corrected chi connectivity index (χ0v) is 12.8. The van der Waals surface area contributed by atoms with E-state index in [2.05, 4.69) is 35.5 Å². The van der Waals surface area contributed by atoms with E-state index in [1.807, 2.05) is 19.1 Å². The lowest BCUT2D eigenvalue weighted by atomic mass is 10.1. The Kier molecular flexibility index (Phi) is 4.86. The minimum atomic E-state index is 0.0166. The third-order valence-corrected chi connectivity index (χ3v) is 4.42. The molecule has 2 nitrogen and oxygen atoms in total. The van der Waals surface area contributed by atoms with Gasteiger partial charge >= 0.3 is 0 Å². The summed E-state index contributed by atoms with van der Waals surface area (Å²) in [4.78, 5) is 3.59. The van der Waals surface area contributed by atoms with Crippen LogP contribution in [0.2, 0.25) is 5.02 Å². The smallest absolute Gasteiger partial charge is 0.0642 e. The number of hydrogen-bond acceptors (Lipinski definition) is 3. The van der Waals surface area contributed by atoms with E-state index in [0.29, 0.717) is 0 Å². The Morgan fingerprint density at radius 2 is 2.16 bits per heavy atom. The molecule has 0 fully saturated rings. The molecule has 0 aliphatic rings. The van der Waals surface area contributed by atoms with Gasteiger partial charge in [-0.05, 0) is 42.5 Å². The molecule has 0 saturated heterocycles. The van der Waals surface area contributed by atoms with Crippen LogP contribution in [0.5, 0.6) is 0 Å². The maximum Gasteiger partial charge on any atom is 0.0642 e. The molecule has 2 aromatic rings. The molecule has 102 valence electrons. The first-order valence-electron chi connectivity index (χ1n) is 6.36. The number of halogens is 1. The van der Waals surface area contributed by atoms with Crippen LogP contribution in [0.15, 0.2) is 35.7 Å². The Morgan fingerprint density at radius 3 is 2.74 bits per heavy atom. The number of nitrogens with two attached hydrogens (primary N) is 1. The van der Waals surface area contributed by atoms with Crippen molar-refractivity contribution < 1.29 is 0 Å². The molecule has 1 aromatic carbocycles. The third-order valence-electron chi connectivity index (χ3n) is 3.18. The van der Waals surface area contributed by atoms with E-state index in [9.17, 15) is 0 Å². The summed E-state index contributed by atoms with van der Waals surface area (Å²) in [5.74, 6) is 0. The van der Waals surface area contributed by atoms with Crippen LogP contribution in [0.4, 0.5) is 5.69 Å². The summed E-state index contributed by atoms with van der Waals surface area (Å²) < 4.78 is 0. The van der Waals surface area contributed by atoms with Crippen molar-refractivity contribution in [1.29, 1.82) is 0 Å². The average Bonchev–Trinajstić information content (AvgIpc) is 2.88. The second kappa shape index (κ2) is 6.42. The van der Waals surface area contributed by atoms with Gasteiger partial charge in [0.15, 0.2) is 0 Å². The SMILES string of the molecule is C[C@H](N)c1ccc(N(C)CCc2cccs2)c(Cl)c1. The minimum Gasteiger partial charge on any atom is -0.373 e. The Labute approximate surface area is 123 Å². The molecule has 1 heterocycles. The fourth-order valence-corrected chi connectivity index (χ4v) is 3.00. The largest absolute Gasteiger partial charge is 0.373 e. The van der Waals surface area contributed by atoms with Crippen molar-refractivity contribution in [2.75, 3.05) is 18.5 Å². The maximum atomic E-state index is 6.33. The van der Waals surface area contributed by atoms with Gasteiger partial charge in [-0.1, -0.05) is 23.7 Å². The summed E-state index contributed by atoms with van der Waals surface area (Å²) in [6.07, 6.45) is 1.04. The summed E-state index contributed by atoms with van der Waals surface area (Å²) in [5, 5.41) is 2.88. The van der Waals surface area contributed by atoms with Crippen molar-refractivity contribution >= 4 is 28.6 Å². The minimum absolute atomic E-state index is 0.0166. The van der Waals surface area contributed by atoms with Crippen molar-refractivity contribution in [2.24, 2.45) is 5.73 Å². The highest BCUT2D eigenvalue weighted by Crippen LogP contribution is 2.28. The van der Waals surface area contributed by atoms with E-state index in [4.69, 9.17) is 17.3 Å². The van der Waals surface area contributed by atoms with Gasteiger partial charge in [-0.15, -0.1) is 11.3 Å². The van der Waals surface area contributed by atoms with E-state index in [1.54, 1.807) is 11.3 Å². The van der Waals surface area contributed by atoms with Crippen molar-refractivity contribution in [3.05, 3.63) is 51.2 Å². The van der Waals surface area contributed by atoms with Gasteiger partial charge in [0, 0.05) is 24.5 Å². The molecule has 0 aliphatic carbocycles. The Hall–Kier alpha value is -1.03. The molecule has 0 radical (unpaired) electrons. The van der Waals surface area contributed by atoms with Crippen molar-refractivity contribution in [3.8, 4) is 0 Å². The molecular weight excluding hydrogens is 276 g/mol. The second-order valence-electron chi connectivity index (χ2n) is 4.75. The second-order valence-corrected chi connectivity index (χ2v) is 6.19. The van der Waals surface area contributed by atoms with Crippen LogP contribution >= 0.6 is 22.9 Å². The van der Waals surface area contributed by atoms with Gasteiger partial charge < -0.3 is 10.6 Å². The van der Waals surface area contributed by atoms with Crippen LogP contribution in [-0.2, 0) is 6.42 Å². The van der Waals surface area contributed by atoms with Crippen LogP contribution in [-0.4, -0.2) is 13.6 Å². The first-order valence-corrected chi connectivity index (χ1v) is 7.62. The van der Waals surface area contributed by atoms with Gasteiger partial charge in [0.25, 0.3) is 0 Å². The molecule has 0 amide bonds. The summed E-state index contributed by atoms with van der Waals surface area (Å²) >= 11 is 8.13. The molecule has 1 aromatic heterocycles. The Bertz CT molecular complexity index is 523. The molecule has 0 unspecified atom stereocenters. The highest BCUT2D eigenvalue weighted by atomic mass is 35.5. The first kappa shape index (κ1) is 14.4. The van der Waals surface area contributed by atoms with Gasteiger partial charge in [0.2, 0.25) is 0 Å². The van der Waals surface area contributed by atoms with Crippen molar-refractivity contribution in [1.82, 2.24) is 0 Å². The number of rotatable bonds is 5. The van der Waals surface area contributed by atoms with E-state index in [1.165, 1.54) is 4.88 Å². The number of anilines is 1. The van der Waals surface area contributed by atoms with Crippen LogP contribution in [0, 0.1) is 0 Å². The fourth-order valence-electron chi connectivity index (χ4n) is 1.97. The van der Waals surface area contributed by atoms with E-state index >= 15 is 0 Å². The Morgan fingerprint density at radius 1 is 1.37 bits per heavy atom. The maximum absolute atomic E-state index is 6.33. The number of likely N-dealkylation sites (N-methyl/N-ethyl adjacent to an activating group) is 1. The zero-order valence-electron chi connectivity index (χ0n) is 11.3. The van der Waals surface area contributed by atoms with Gasteiger partial charge in [-0.25, -0.2) is 0 Å². The predicted molar refractivity (Wildman–Crippen MR) is 85.3 cm³/mol. The molecule has 0 spiro atoms. The summed E-state index contributed by atoms with van der Waals surface area (Å²) in [7, 11) is 2.07. The summed E-state index contributed by atoms with van der Waals surface area (Å²) in [5.41, 5.74) is 7.99. The lowest BCUT2D eigenvalue weighted by Crippen LogP contribution is -2.20.